The van der Waals surface area contributed by atoms with E-state index in [-0.39, 0.29) is 5.78 Å². The maximum absolute atomic E-state index is 13.2. The number of carbonyl (C=O) groups excluding carboxylic acids is 1. The van der Waals surface area contributed by atoms with Gasteiger partial charge < -0.3 is 15.8 Å². The van der Waals surface area contributed by atoms with Crippen LogP contribution in [-0.4, -0.2) is 18.2 Å². The number of nitrogens with zero attached hydrogens (tertiary/aromatic N) is 1. The molecule has 1 aliphatic rings. The number of carbonyl (C=O) groups is 1. The quantitative estimate of drug-likeness (QED) is 0.449. The van der Waals surface area contributed by atoms with Crippen LogP contribution in [0.15, 0.2) is 64.8 Å². The summed E-state index contributed by atoms with van der Waals surface area (Å²) in [7, 11) is 0. The molecule has 2 rings (SSSR count). The van der Waals surface area contributed by atoms with Crippen molar-refractivity contribution in [2.75, 3.05) is 6.61 Å². The molecular weight excluding hydrogens is 398 g/mol. The monoisotopic (exact) mass is 429 g/mol. The third-order valence-electron chi connectivity index (χ3n) is 4.81. The van der Waals surface area contributed by atoms with E-state index in [1.165, 1.54) is 0 Å². The van der Waals surface area contributed by atoms with Crippen molar-refractivity contribution >= 4 is 23.2 Å². The third kappa shape index (κ3) is 5.76. The topological polar surface area (TPSA) is 76.7 Å². The summed E-state index contributed by atoms with van der Waals surface area (Å²) in [5.41, 5.74) is 9.32. The second kappa shape index (κ2) is 11.6. The van der Waals surface area contributed by atoms with Crippen LogP contribution in [0, 0.1) is 0 Å². The Bertz CT molecular complexity index is 871. The van der Waals surface area contributed by atoms with E-state index < -0.39 is 5.92 Å². The minimum Gasteiger partial charge on any atom is -0.479 e. The smallest absolute Gasteiger partial charge is 0.183 e. The number of allylic oxidation sites excluding steroid dienone is 2. The van der Waals surface area contributed by atoms with Gasteiger partial charge in [0.05, 0.1) is 12.3 Å². The minimum absolute atomic E-state index is 0.0779. The lowest BCUT2D eigenvalue weighted by molar-refractivity contribution is -0.115. The molecule has 30 heavy (non-hydrogen) atoms. The van der Waals surface area contributed by atoms with Crippen molar-refractivity contribution in [1.29, 1.82) is 0 Å². The van der Waals surface area contributed by atoms with E-state index in [2.05, 4.69) is 23.8 Å². The maximum atomic E-state index is 13.2. The molecule has 0 saturated carbocycles. The predicted octanol–water partition coefficient (Wildman–Crippen LogP) is 5.59. The Morgan fingerprint density at radius 2 is 2.00 bits per heavy atom. The Morgan fingerprint density at radius 1 is 1.27 bits per heavy atom. The van der Waals surface area contributed by atoms with Gasteiger partial charge in [-0.1, -0.05) is 57.0 Å². The second-order valence-corrected chi connectivity index (χ2v) is 7.66. The molecule has 1 aromatic carbocycles. The Morgan fingerprint density at radius 3 is 2.63 bits per heavy atom. The number of ketones is 1. The average molecular weight is 430 g/mol. The van der Waals surface area contributed by atoms with Gasteiger partial charge in [-0.2, -0.15) is 0 Å². The van der Waals surface area contributed by atoms with Crippen molar-refractivity contribution in [1.82, 2.24) is 5.32 Å². The molecule has 0 bridgehead atoms. The molecular formula is C24H32ClN3O2. The molecule has 1 aliphatic heterocycles. The van der Waals surface area contributed by atoms with Crippen LogP contribution in [0.2, 0.25) is 5.02 Å². The van der Waals surface area contributed by atoms with Gasteiger partial charge in [0.1, 0.15) is 5.84 Å². The zero-order chi connectivity index (χ0) is 22.1. The molecule has 5 nitrogen and oxygen atoms in total. The van der Waals surface area contributed by atoms with Gasteiger partial charge >= 0.3 is 0 Å². The molecule has 0 saturated heterocycles. The van der Waals surface area contributed by atoms with E-state index in [0.717, 1.165) is 30.5 Å². The van der Waals surface area contributed by atoms with E-state index in [1.54, 1.807) is 6.20 Å². The van der Waals surface area contributed by atoms with Crippen LogP contribution in [-0.2, 0) is 9.53 Å². The lowest BCUT2D eigenvalue weighted by Gasteiger charge is -2.29. The van der Waals surface area contributed by atoms with Crippen LogP contribution in [0.4, 0.5) is 0 Å². The zero-order valence-corrected chi connectivity index (χ0v) is 18.9. The number of hydrogen-bond donors (Lipinski definition) is 2. The number of ether oxygens (including phenoxy) is 1. The average Bonchev–Trinajstić information content (AvgIpc) is 2.72. The van der Waals surface area contributed by atoms with E-state index in [4.69, 9.17) is 22.1 Å². The first-order valence-electron chi connectivity index (χ1n) is 10.6. The molecule has 1 atom stereocenters. The highest BCUT2D eigenvalue weighted by Gasteiger charge is 2.34. The number of rotatable bonds is 11. The number of halogens is 1. The molecule has 0 fully saturated rings. The summed E-state index contributed by atoms with van der Waals surface area (Å²) >= 11 is 6.57. The molecule has 1 aromatic rings. The Kier molecular flexibility index (Phi) is 9.18. The summed E-state index contributed by atoms with van der Waals surface area (Å²) < 4.78 is 5.52. The molecule has 0 aliphatic carbocycles. The fourth-order valence-electron chi connectivity index (χ4n) is 3.47. The van der Waals surface area contributed by atoms with Crippen LogP contribution < -0.4 is 11.1 Å². The number of hydrogen-bond acceptors (Lipinski definition) is 5. The highest BCUT2D eigenvalue weighted by molar-refractivity contribution is 6.31. The van der Waals surface area contributed by atoms with Crippen molar-refractivity contribution in [2.24, 2.45) is 10.7 Å². The Hall–Kier alpha value is -2.53. The molecule has 1 heterocycles. The molecule has 0 radical (unpaired) electrons. The van der Waals surface area contributed by atoms with Gasteiger partial charge in [0, 0.05) is 34.7 Å². The minimum atomic E-state index is -0.400. The fraction of sp³-hybridized carbons (Fsp3) is 0.417. The molecule has 3 N–H and O–H groups in total. The number of benzene rings is 1. The third-order valence-corrected chi connectivity index (χ3v) is 5.16. The SMILES string of the molecule is C=C(N/C=C1\C(N)=NC(CCC)=C(C(=O)CCC)C1c1ccccc1Cl)OCCC. The van der Waals surface area contributed by atoms with Gasteiger partial charge in [0.2, 0.25) is 0 Å². The van der Waals surface area contributed by atoms with Gasteiger partial charge in [-0.25, -0.2) is 4.99 Å². The number of nitrogens with two attached hydrogens (primary N) is 1. The van der Waals surface area contributed by atoms with Crippen LogP contribution >= 0.6 is 11.6 Å². The molecule has 162 valence electrons. The largest absolute Gasteiger partial charge is 0.479 e. The molecule has 6 heteroatoms. The summed E-state index contributed by atoms with van der Waals surface area (Å²) in [5.74, 6) is 0.462. The first-order chi connectivity index (χ1) is 14.4. The molecule has 0 spiro atoms. The van der Waals surface area contributed by atoms with E-state index in [1.807, 2.05) is 38.1 Å². The van der Waals surface area contributed by atoms with Crippen molar-refractivity contribution in [2.45, 2.75) is 58.8 Å². The standard InChI is InChI=1S/C24H32ClN3O2/c1-5-10-20-23(21(29)11-6-2)22(17-12-8-9-13-19(17)25)18(24(26)28-20)15-27-16(4)30-14-7-3/h8-9,12-13,15,22,27H,4-7,10-11,14H2,1-3H3,(H2,26,28)/b18-15-. The van der Waals surface area contributed by atoms with Crippen LogP contribution in [0.3, 0.4) is 0 Å². The molecule has 1 unspecified atom stereocenters. The zero-order valence-electron chi connectivity index (χ0n) is 18.1. The van der Waals surface area contributed by atoms with E-state index in [0.29, 0.717) is 47.3 Å². The van der Waals surface area contributed by atoms with Crippen molar-refractivity contribution in [3.63, 3.8) is 0 Å². The van der Waals surface area contributed by atoms with Gasteiger partial charge in [-0.05, 0) is 37.5 Å². The lowest BCUT2D eigenvalue weighted by atomic mass is 9.78. The molecule has 0 amide bonds. The van der Waals surface area contributed by atoms with E-state index >= 15 is 0 Å². The molecule has 0 aromatic heterocycles. The number of nitrogens with one attached hydrogen (secondary N) is 1. The summed E-state index contributed by atoms with van der Waals surface area (Å²) in [5, 5.41) is 3.64. The summed E-state index contributed by atoms with van der Waals surface area (Å²) in [6.45, 7) is 10.5. The first-order valence-corrected chi connectivity index (χ1v) is 11.0. The van der Waals surface area contributed by atoms with E-state index in [9.17, 15) is 4.79 Å². The normalized spacial score (nSPS) is 17.7. The summed E-state index contributed by atoms with van der Waals surface area (Å²) in [4.78, 5) is 17.8. The lowest BCUT2D eigenvalue weighted by Crippen LogP contribution is -2.30. The summed E-state index contributed by atoms with van der Waals surface area (Å²) in [6, 6.07) is 7.55. The van der Waals surface area contributed by atoms with Crippen LogP contribution in [0.25, 0.3) is 0 Å². The highest BCUT2D eigenvalue weighted by Crippen LogP contribution is 2.42. The van der Waals surface area contributed by atoms with Gasteiger partial charge in [0.25, 0.3) is 0 Å². The van der Waals surface area contributed by atoms with Crippen LogP contribution in [0.5, 0.6) is 0 Å². The second-order valence-electron chi connectivity index (χ2n) is 7.25. The number of amidine groups is 1. The predicted molar refractivity (Wildman–Crippen MR) is 124 cm³/mol. The number of aliphatic imine (C=N–C) groups is 1. The fourth-order valence-corrected chi connectivity index (χ4v) is 3.71. The maximum Gasteiger partial charge on any atom is 0.183 e. The number of Topliss-reactive ketones (excluding diaryl/α,β-unsaturated/α-hetero) is 1. The van der Waals surface area contributed by atoms with Gasteiger partial charge in [-0.15, -0.1) is 0 Å². The van der Waals surface area contributed by atoms with Crippen LogP contribution in [0.1, 0.15) is 64.4 Å². The Labute approximate surface area is 184 Å². The van der Waals surface area contributed by atoms with Crippen molar-refractivity contribution in [3.8, 4) is 0 Å². The van der Waals surface area contributed by atoms with Crippen molar-refractivity contribution in [3.05, 3.63) is 70.4 Å². The first kappa shape index (κ1) is 23.7. The highest BCUT2D eigenvalue weighted by atomic mass is 35.5. The van der Waals surface area contributed by atoms with Crippen molar-refractivity contribution < 1.29 is 9.53 Å². The van der Waals surface area contributed by atoms with Gasteiger partial charge in [-0.3, -0.25) is 4.79 Å². The van der Waals surface area contributed by atoms with Gasteiger partial charge in [0.15, 0.2) is 11.7 Å². The summed E-state index contributed by atoms with van der Waals surface area (Å²) in [6.07, 6.45) is 5.36. The Balaban J connectivity index is 2.61.